The van der Waals surface area contributed by atoms with E-state index in [2.05, 4.69) is 19.2 Å². The van der Waals surface area contributed by atoms with E-state index in [4.69, 9.17) is 0 Å². The van der Waals surface area contributed by atoms with E-state index >= 15 is 0 Å². The van der Waals surface area contributed by atoms with Gasteiger partial charge in [-0.05, 0) is 37.2 Å². The molecule has 1 aromatic rings. The third-order valence-corrected chi connectivity index (χ3v) is 4.55. The molecule has 1 unspecified atom stereocenters. The average molecular weight is 262 g/mol. The summed E-state index contributed by atoms with van der Waals surface area (Å²) in [6, 6.07) is 7.08. The van der Waals surface area contributed by atoms with E-state index in [9.17, 15) is 10.1 Å². The number of rotatable bonds is 6. The van der Waals surface area contributed by atoms with Crippen LogP contribution in [0.1, 0.15) is 51.1 Å². The van der Waals surface area contributed by atoms with Crippen LogP contribution >= 0.6 is 0 Å². The number of non-ortho nitro benzene ring substituents is 1. The van der Waals surface area contributed by atoms with Crippen molar-refractivity contribution < 1.29 is 4.92 Å². The zero-order valence-corrected chi connectivity index (χ0v) is 11.7. The quantitative estimate of drug-likeness (QED) is 0.626. The van der Waals surface area contributed by atoms with Crippen molar-refractivity contribution >= 4 is 5.69 Å². The van der Waals surface area contributed by atoms with Crippen LogP contribution in [0, 0.1) is 15.5 Å². The maximum atomic E-state index is 10.6. The molecule has 4 nitrogen and oxygen atoms in total. The molecule has 0 amide bonds. The van der Waals surface area contributed by atoms with Gasteiger partial charge in [0.05, 0.1) is 4.92 Å². The molecule has 0 aliphatic heterocycles. The van der Waals surface area contributed by atoms with E-state index in [1.165, 1.54) is 25.7 Å². The number of nitro benzene ring substituents is 1. The lowest BCUT2D eigenvalue weighted by Gasteiger charge is -2.42. The molecule has 0 saturated heterocycles. The van der Waals surface area contributed by atoms with Crippen LogP contribution in [0.3, 0.4) is 0 Å². The van der Waals surface area contributed by atoms with Gasteiger partial charge in [0.2, 0.25) is 0 Å². The summed E-state index contributed by atoms with van der Waals surface area (Å²) in [6.07, 6.45) is 5.22. The van der Waals surface area contributed by atoms with Gasteiger partial charge in [-0.2, -0.15) is 0 Å². The van der Waals surface area contributed by atoms with Gasteiger partial charge in [-0.15, -0.1) is 0 Å². The zero-order chi connectivity index (χ0) is 13.9. The van der Waals surface area contributed by atoms with Gasteiger partial charge in [0.15, 0.2) is 0 Å². The highest BCUT2D eigenvalue weighted by Gasteiger charge is 2.34. The van der Waals surface area contributed by atoms with Gasteiger partial charge in [-0.3, -0.25) is 10.1 Å². The lowest BCUT2D eigenvalue weighted by molar-refractivity contribution is -0.384. The molecule has 1 aromatic carbocycles. The first-order valence-electron chi connectivity index (χ1n) is 7.04. The summed E-state index contributed by atoms with van der Waals surface area (Å²) >= 11 is 0. The fourth-order valence-electron chi connectivity index (χ4n) is 2.70. The minimum Gasteiger partial charge on any atom is -0.310 e. The Bertz CT molecular complexity index is 432. The standard InChI is InChI=1S/C15H22N2O2/c1-3-15(9-4-10-15)11-16-12(2)13-5-7-14(8-6-13)17(18)19/h5-8,12,16H,3-4,9-11H2,1-2H3. The van der Waals surface area contributed by atoms with Crippen LogP contribution in [-0.4, -0.2) is 11.5 Å². The smallest absolute Gasteiger partial charge is 0.269 e. The first-order valence-corrected chi connectivity index (χ1v) is 7.04. The van der Waals surface area contributed by atoms with Crippen molar-refractivity contribution in [3.05, 3.63) is 39.9 Å². The predicted octanol–water partition coefficient (Wildman–Crippen LogP) is 3.83. The van der Waals surface area contributed by atoms with Crippen LogP contribution in [0.25, 0.3) is 0 Å². The van der Waals surface area contributed by atoms with Crippen molar-refractivity contribution in [2.75, 3.05) is 6.54 Å². The Morgan fingerprint density at radius 3 is 2.42 bits per heavy atom. The topological polar surface area (TPSA) is 55.2 Å². The summed E-state index contributed by atoms with van der Waals surface area (Å²) < 4.78 is 0. The van der Waals surface area contributed by atoms with Crippen LogP contribution < -0.4 is 5.32 Å². The van der Waals surface area contributed by atoms with Crippen molar-refractivity contribution in [3.8, 4) is 0 Å². The molecule has 104 valence electrons. The SMILES string of the molecule is CCC1(CNC(C)c2ccc([N+](=O)[O-])cc2)CCC1. The van der Waals surface area contributed by atoms with E-state index < -0.39 is 0 Å². The minimum atomic E-state index is -0.359. The molecule has 1 N–H and O–H groups in total. The van der Waals surface area contributed by atoms with Crippen LogP contribution in [0.2, 0.25) is 0 Å². The van der Waals surface area contributed by atoms with Crippen molar-refractivity contribution in [2.24, 2.45) is 5.41 Å². The molecular weight excluding hydrogens is 240 g/mol. The highest BCUT2D eigenvalue weighted by molar-refractivity contribution is 5.34. The first kappa shape index (κ1) is 14.0. The average Bonchev–Trinajstić information content (AvgIpc) is 2.38. The van der Waals surface area contributed by atoms with Crippen LogP contribution in [0.4, 0.5) is 5.69 Å². The van der Waals surface area contributed by atoms with Gasteiger partial charge < -0.3 is 5.32 Å². The summed E-state index contributed by atoms with van der Waals surface area (Å²) in [5.74, 6) is 0. The number of nitrogens with one attached hydrogen (secondary N) is 1. The second-order valence-corrected chi connectivity index (χ2v) is 5.66. The number of hydrogen-bond donors (Lipinski definition) is 1. The molecule has 0 radical (unpaired) electrons. The highest BCUT2D eigenvalue weighted by Crippen LogP contribution is 2.43. The molecule has 2 rings (SSSR count). The molecule has 1 saturated carbocycles. The van der Waals surface area contributed by atoms with Crippen molar-refractivity contribution in [1.82, 2.24) is 5.32 Å². The molecule has 19 heavy (non-hydrogen) atoms. The first-order chi connectivity index (χ1) is 9.06. The van der Waals surface area contributed by atoms with Gasteiger partial charge in [0, 0.05) is 24.7 Å². The van der Waals surface area contributed by atoms with E-state index in [0.717, 1.165) is 12.1 Å². The lowest BCUT2D eigenvalue weighted by Crippen LogP contribution is -2.40. The zero-order valence-electron chi connectivity index (χ0n) is 11.7. The highest BCUT2D eigenvalue weighted by atomic mass is 16.6. The van der Waals surface area contributed by atoms with E-state index in [-0.39, 0.29) is 16.7 Å². The molecular formula is C15H22N2O2. The Balaban J connectivity index is 1.92. The molecule has 1 fully saturated rings. The van der Waals surface area contributed by atoms with Crippen molar-refractivity contribution in [1.29, 1.82) is 0 Å². The summed E-state index contributed by atoms with van der Waals surface area (Å²) in [5.41, 5.74) is 1.76. The summed E-state index contributed by atoms with van der Waals surface area (Å²) in [7, 11) is 0. The minimum absolute atomic E-state index is 0.153. The summed E-state index contributed by atoms with van der Waals surface area (Å²) in [4.78, 5) is 10.3. The third-order valence-electron chi connectivity index (χ3n) is 4.55. The van der Waals surface area contributed by atoms with E-state index in [1.807, 2.05) is 12.1 Å². The number of nitro groups is 1. The fourth-order valence-corrected chi connectivity index (χ4v) is 2.70. The van der Waals surface area contributed by atoms with E-state index in [1.54, 1.807) is 12.1 Å². The summed E-state index contributed by atoms with van der Waals surface area (Å²) in [6.45, 7) is 5.42. The predicted molar refractivity (Wildman–Crippen MR) is 76.1 cm³/mol. The molecule has 4 heteroatoms. The number of hydrogen-bond acceptors (Lipinski definition) is 3. The molecule has 1 aliphatic rings. The Labute approximate surface area is 114 Å². The monoisotopic (exact) mass is 262 g/mol. The fraction of sp³-hybridized carbons (Fsp3) is 0.600. The van der Waals surface area contributed by atoms with Gasteiger partial charge in [0.25, 0.3) is 5.69 Å². The molecule has 1 atom stereocenters. The Kier molecular flexibility index (Phi) is 4.20. The largest absolute Gasteiger partial charge is 0.310 e. The van der Waals surface area contributed by atoms with Gasteiger partial charge in [-0.1, -0.05) is 25.5 Å². The second kappa shape index (κ2) is 5.70. The van der Waals surface area contributed by atoms with Crippen molar-refractivity contribution in [2.45, 2.75) is 45.6 Å². The van der Waals surface area contributed by atoms with E-state index in [0.29, 0.717) is 5.41 Å². The van der Waals surface area contributed by atoms with Crippen LogP contribution in [-0.2, 0) is 0 Å². The molecule has 0 heterocycles. The lowest BCUT2D eigenvalue weighted by atomic mass is 9.67. The van der Waals surface area contributed by atoms with Crippen LogP contribution in [0.15, 0.2) is 24.3 Å². The molecule has 0 bridgehead atoms. The van der Waals surface area contributed by atoms with Crippen LogP contribution in [0.5, 0.6) is 0 Å². The maximum absolute atomic E-state index is 10.6. The van der Waals surface area contributed by atoms with Gasteiger partial charge in [-0.25, -0.2) is 0 Å². The molecule has 0 aromatic heterocycles. The Morgan fingerprint density at radius 2 is 2.00 bits per heavy atom. The maximum Gasteiger partial charge on any atom is 0.269 e. The Morgan fingerprint density at radius 1 is 1.37 bits per heavy atom. The van der Waals surface area contributed by atoms with Gasteiger partial charge in [0.1, 0.15) is 0 Å². The van der Waals surface area contributed by atoms with Crippen molar-refractivity contribution in [3.63, 3.8) is 0 Å². The Hall–Kier alpha value is -1.42. The normalized spacial score (nSPS) is 18.6. The number of benzene rings is 1. The second-order valence-electron chi connectivity index (χ2n) is 5.66. The summed E-state index contributed by atoms with van der Waals surface area (Å²) in [5, 5.41) is 14.2. The molecule has 0 spiro atoms. The molecule has 1 aliphatic carbocycles. The number of nitrogens with zero attached hydrogens (tertiary/aromatic N) is 1. The van der Waals surface area contributed by atoms with Gasteiger partial charge >= 0.3 is 0 Å². The third kappa shape index (κ3) is 3.13.